The molecule has 0 N–H and O–H groups in total. The molecule has 0 radical (unpaired) electrons. The van der Waals surface area contributed by atoms with Crippen molar-refractivity contribution >= 4 is 5.91 Å². The van der Waals surface area contributed by atoms with Gasteiger partial charge < -0.3 is 14.2 Å². The number of aromatic nitrogens is 4. The molecule has 138 valence electrons. The van der Waals surface area contributed by atoms with Crippen LogP contribution in [0.3, 0.4) is 0 Å². The van der Waals surface area contributed by atoms with Crippen LogP contribution >= 0.6 is 0 Å². The molecule has 8 nitrogen and oxygen atoms in total. The lowest BCUT2D eigenvalue weighted by Crippen LogP contribution is -2.42. The second kappa shape index (κ2) is 7.24. The molecule has 0 aliphatic carbocycles. The molecule has 1 aliphatic heterocycles. The smallest absolute Gasteiger partial charge is 0.274 e. The predicted molar refractivity (Wildman–Crippen MR) is 95.8 cm³/mol. The van der Waals surface area contributed by atoms with Crippen molar-refractivity contribution in [2.45, 2.75) is 20.0 Å². The number of carbonyl (C=O) groups excluding carboxylic acids is 1. The third-order valence-electron chi connectivity index (χ3n) is 4.54. The minimum absolute atomic E-state index is 0.154. The van der Waals surface area contributed by atoms with Crippen LogP contribution in [0.4, 0.5) is 0 Å². The normalized spacial score (nSPS) is 17.1. The Kier molecular flexibility index (Phi) is 4.64. The number of aryl methyl sites for hydroxylation is 2. The number of morpholine rings is 1. The van der Waals surface area contributed by atoms with E-state index >= 15 is 0 Å². The maximum Gasteiger partial charge on any atom is 0.274 e. The van der Waals surface area contributed by atoms with Crippen molar-refractivity contribution in [3.05, 3.63) is 59.4 Å². The molecule has 1 aliphatic rings. The van der Waals surface area contributed by atoms with Gasteiger partial charge in [0.25, 0.3) is 5.91 Å². The van der Waals surface area contributed by atoms with Crippen molar-refractivity contribution in [3.63, 3.8) is 0 Å². The quantitative estimate of drug-likeness (QED) is 0.703. The van der Waals surface area contributed by atoms with Crippen molar-refractivity contribution in [1.29, 1.82) is 0 Å². The van der Waals surface area contributed by atoms with Gasteiger partial charge >= 0.3 is 0 Å². The first-order chi connectivity index (χ1) is 13.1. The van der Waals surface area contributed by atoms with E-state index in [2.05, 4.69) is 15.4 Å². The SMILES string of the molecule is Cc1noc(C)c1-c1cccc([C@@H]2CN(C(=O)c3cccnn3)CCO2)n1. The van der Waals surface area contributed by atoms with Gasteiger partial charge in [0.05, 0.1) is 35.8 Å². The fourth-order valence-corrected chi connectivity index (χ4v) is 3.21. The van der Waals surface area contributed by atoms with E-state index in [-0.39, 0.29) is 12.0 Å². The molecule has 1 atom stereocenters. The fraction of sp³-hybridized carbons (Fsp3) is 0.316. The minimum Gasteiger partial charge on any atom is -0.368 e. The first kappa shape index (κ1) is 17.3. The second-order valence-electron chi connectivity index (χ2n) is 6.37. The molecule has 1 fully saturated rings. The molecule has 0 bridgehead atoms. The Hall–Kier alpha value is -3.13. The molecule has 1 saturated heterocycles. The monoisotopic (exact) mass is 365 g/mol. The molecule has 0 saturated carbocycles. The second-order valence-corrected chi connectivity index (χ2v) is 6.37. The van der Waals surface area contributed by atoms with Crippen molar-refractivity contribution in [2.75, 3.05) is 19.7 Å². The largest absolute Gasteiger partial charge is 0.368 e. The van der Waals surface area contributed by atoms with Crippen LogP contribution in [0.5, 0.6) is 0 Å². The summed E-state index contributed by atoms with van der Waals surface area (Å²) < 4.78 is 11.1. The van der Waals surface area contributed by atoms with Crippen LogP contribution in [0.25, 0.3) is 11.3 Å². The van der Waals surface area contributed by atoms with E-state index in [0.717, 1.165) is 28.4 Å². The molecule has 0 unspecified atom stereocenters. The topological polar surface area (TPSA) is 94.2 Å². The van der Waals surface area contributed by atoms with E-state index in [9.17, 15) is 4.79 Å². The van der Waals surface area contributed by atoms with Crippen LogP contribution < -0.4 is 0 Å². The molecule has 8 heteroatoms. The van der Waals surface area contributed by atoms with Gasteiger partial charge in [-0.1, -0.05) is 11.2 Å². The lowest BCUT2D eigenvalue weighted by atomic mass is 10.1. The van der Waals surface area contributed by atoms with E-state index in [1.807, 2.05) is 32.0 Å². The average Bonchev–Trinajstić information content (AvgIpc) is 3.06. The zero-order valence-electron chi connectivity index (χ0n) is 15.1. The number of nitrogens with zero attached hydrogens (tertiary/aromatic N) is 5. The molecule has 27 heavy (non-hydrogen) atoms. The Bertz CT molecular complexity index is 937. The predicted octanol–water partition coefficient (Wildman–Crippen LogP) is 2.36. The summed E-state index contributed by atoms with van der Waals surface area (Å²) in [6.45, 7) is 5.11. The van der Waals surface area contributed by atoms with Gasteiger partial charge in [-0.25, -0.2) is 4.98 Å². The summed E-state index contributed by atoms with van der Waals surface area (Å²) in [5, 5.41) is 11.7. The minimum atomic E-state index is -0.306. The number of rotatable bonds is 3. The van der Waals surface area contributed by atoms with E-state index < -0.39 is 0 Å². The maximum atomic E-state index is 12.6. The van der Waals surface area contributed by atoms with Crippen LogP contribution in [0, 0.1) is 13.8 Å². The molecular formula is C19H19N5O3. The summed E-state index contributed by atoms with van der Waals surface area (Å²) >= 11 is 0. The van der Waals surface area contributed by atoms with Gasteiger partial charge in [0.2, 0.25) is 0 Å². The number of pyridine rings is 1. The molecule has 0 spiro atoms. The average molecular weight is 365 g/mol. The van der Waals surface area contributed by atoms with Crippen LogP contribution in [-0.4, -0.2) is 50.8 Å². The van der Waals surface area contributed by atoms with E-state index in [4.69, 9.17) is 14.2 Å². The lowest BCUT2D eigenvalue weighted by molar-refractivity contribution is -0.0249. The molecular weight excluding hydrogens is 346 g/mol. The van der Waals surface area contributed by atoms with E-state index in [1.54, 1.807) is 23.2 Å². The Balaban J connectivity index is 1.57. The van der Waals surface area contributed by atoms with Gasteiger partial charge in [0.1, 0.15) is 11.9 Å². The van der Waals surface area contributed by atoms with Crippen LogP contribution in [0.2, 0.25) is 0 Å². The molecule has 3 aromatic heterocycles. The van der Waals surface area contributed by atoms with Crippen molar-refractivity contribution in [1.82, 2.24) is 25.2 Å². The summed E-state index contributed by atoms with van der Waals surface area (Å²) in [6.07, 6.45) is 1.24. The highest BCUT2D eigenvalue weighted by atomic mass is 16.5. The highest BCUT2D eigenvalue weighted by Gasteiger charge is 2.28. The van der Waals surface area contributed by atoms with Gasteiger partial charge in [-0.05, 0) is 38.1 Å². The summed E-state index contributed by atoms with van der Waals surface area (Å²) in [7, 11) is 0. The van der Waals surface area contributed by atoms with Crippen molar-refractivity contribution in [2.24, 2.45) is 0 Å². The zero-order chi connectivity index (χ0) is 18.8. The Labute approximate surface area is 156 Å². The summed E-state index contributed by atoms with van der Waals surface area (Å²) in [5.74, 6) is 0.569. The zero-order valence-corrected chi connectivity index (χ0v) is 15.1. The van der Waals surface area contributed by atoms with Gasteiger partial charge in [0.15, 0.2) is 5.69 Å². The van der Waals surface area contributed by atoms with Crippen LogP contribution in [-0.2, 0) is 4.74 Å². The Morgan fingerprint density at radius 1 is 1.22 bits per heavy atom. The molecule has 3 aromatic rings. The molecule has 4 rings (SSSR count). The molecule has 4 heterocycles. The molecule has 0 aromatic carbocycles. The van der Waals surface area contributed by atoms with E-state index in [1.165, 1.54) is 0 Å². The maximum absolute atomic E-state index is 12.6. The standard InChI is InChI=1S/C19H19N5O3/c1-12-18(13(2)27-23-12)15-6-3-5-14(21-15)17-11-24(9-10-26-17)19(25)16-7-4-8-20-22-16/h3-8,17H,9-11H2,1-2H3/t17-/m0/s1. The van der Waals surface area contributed by atoms with Crippen molar-refractivity contribution < 1.29 is 14.1 Å². The van der Waals surface area contributed by atoms with Crippen LogP contribution in [0.15, 0.2) is 41.1 Å². The van der Waals surface area contributed by atoms with Crippen LogP contribution in [0.1, 0.15) is 33.7 Å². The highest BCUT2D eigenvalue weighted by molar-refractivity contribution is 5.92. The summed E-state index contributed by atoms with van der Waals surface area (Å²) in [6, 6.07) is 9.11. The fourth-order valence-electron chi connectivity index (χ4n) is 3.21. The third kappa shape index (κ3) is 3.43. The van der Waals surface area contributed by atoms with Gasteiger partial charge in [-0.15, -0.1) is 5.10 Å². The van der Waals surface area contributed by atoms with Gasteiger partial charge in [-0.2, -0.15) is 5.10 Å². The number of hydrogen-bond donors (Lipinski definition) is 0. The van der Waals surface area contributed by atoms with E-state index in [0.29, 0.717) is 25.4 Å². The number of hydrogen-bond acceptors (Lipinski definition) is 7. The van der Waals surface area contributed by atoms with Gasteiger partial charge in [0, 0.05) is 12.7 Å². The third-order valence-corrected chi connectivity index (χ3v) is 4.54. The first-order valence-electron chi connectivity index (χ1n) is 8.72. The van der Waals surface area contributed by atoms with Crippen molar-refractivity contribution in [3.8, 4) is 11.3 Å². The Morgan fingerprint density at radius 2 is 2.11 bits per heavy atom. The lowest BCUT2D eigenvalue weighted by Gasteiger charge is -2.32. The highest BCUT2D eigenvalue weighted by Crippen LogP contribution is 2.28. The summed E-state index contributed by atoms with van der Waals surface area (Å²) in [4.78, 5) is 19.1. The molecule has 1 amide bonds. The number of amides is 1. The summed E-state index contributed by atoms with van der Waals surface area (Å²) in [5.41, 5.74) is 3.56. The number of carbonyl (C=O) groups is 1. The number of ether oxygens (including phenoxy) is 1. The first-order valence-corrected chi connectivity index (χ1v) is 8.72. The van der Waals surface area contributed by atoms with Gasteiger partial charge in [-0.3, -0.25) is 4.79 Å². The Morgan fingerprint density at radius 3 is 2.85 bits per heavy atom.